The molecule has 1 aromatic heterocycles. The Hall–Kier alpha value is -1.74. The monoisotopic (exact) mass is 421 g/mol. The van der Waals surface area contributed by atoms with E-state index in [1.54, 1.807) is 40.5 Å². The summed E-state index contributed by atoms with van der Waals surface area (Å²) in [6.07, 6.45) is 0. The molecule has 2 atom stereocenters. The fourth-order valence-electron chi connectivity index (χ4n) is 3.35. The Balaban J connectivity index is 1.57. The second-order valence-corrected chi connectivity index (χ2v) is 10.1. The summed E-state index contributed by atoms with van der Waals surface area (Å²) in [4.78, 5) is 16.0. The first-order valence-corrected chi connectivity index (χ1v) is 11.8. The molecule has 152 valence electrons. The number of rotatable bonds is 6. The van der Waals surface area contributed by atoms with E-state index in [0.29, 0.717) is 31.1 Å². The molecular formula is C20H27N3O3S2. The van der Waals surface area contributed by atoms with Crippen LogP contribution in [0, 0.1) is 6.92 Å². The van der Waals surface area contributed by atoms with Crippen molar-refractivity contribution in [2.45, 2.75) is 37.8 Å². The fraction of sp³-hybridized carbons (Fsp3) is 0.450. The van der Waals surface area contributed by atoms with Crippen LogP contribution in [0.4, 0.5) is 0 Å². The minimum atomic E-state index is -3.52. The van der Waals surface area contributed by atoms with Crippen LogP contribution in [0.3, 0.4) is 0 Å². The lowest BCUT2D eigenvalue weighted by atomic mass is 10.2. The normalized spacial score (nSPS) is 18.0. The van der Waals surface area contributed by atoms with E-state index in [1.807, 2.05) is 38.3 Å². The van der Waals surface area contributed by atoms with Crippen LogP contribution in [0.5, 0.6) is 0 Å². The Morgan fingerprint density at radius 3 is 2.29 bits per heavy atom. The minimum Gasteiger partial charge on any atom is -0.339 e. The summed E-state index contributed by atoms with van der Waals surface area (Å²) < 4.78 is 27.1. The molecule has 1 fully saturated rings. The van der Waals surface area contributed by atoms with Crippen molar-refractivity contribution in [3.8, 4) is 0 Å². The highest BCUT2D eigenvalue weighted by molar-refractivity contribution is 7.89. The van der Waals surface area contributed by atoms with Crippen LogP contribution in [-0.4, -0.2) is 55.8 Å². The molecule has 3 rings (SSSR count). The molecule has 0 aliphatic carbocycles. The van der Waals surface area contributed by atoms with E-state index < -0.39 is 10.0 Å². The molecule has 1 N–H and O–H groups in total. The Morgan fingerprint density at radius 1 is 1.07 bits per heavy atom. The van der Waals surface area contributed by atoms with E-state index in [4.69, 9.17) is 0 Å². The van der Waals surface area contributed by atoms with Crippen molar-refractivity contribution < 1.29 is 13.2 Å². The van der Waals surface area contributed by atoms with Gasteiger partial charge in [-0.3, -0.25) is 10.1 Å². The maximum absolute atomic E-state index is 12.8. The maximum Gasteiger partial charge on any atom is 0.243 e. The average molecular weight is 422 g/mol. The van der Waals surface area contributed by atoms with Crippen LogP contribution in [-0.2, 0) is 14.8 Å². The predicted octanol–water partition coefficient (Wildman–Crippen LogP) is 2.63. The summed E-state index contributed by atoms with van der Waals surface area (Å²) in [6, 6.07) is 10.7. The van der Waals surface area contributed by atoms with Gasteiger partial charge in [-0.1, -0.05) is 23.8 Å². The molecule has 0 bridgehead atoms. The maximum atomic E-state index is 12.8. The fourth-order valence-corrected chi connectivity index (χ4v) is 5.51. The number of amides is 1. The molecule has 0 spiro atoms. The Morgan fingerprint density at radius 2 is 1.71 bits per heavy atom. The number of benzene rings is 1. The molecule has 2 unspecified atom stereocenters. The van der Waals surface area contributed by atoms with Crippen molar-refractivity contribution in [1.29, 1.82) is 0 Å². The Kier molecular flexibility index (Phi) is 6.54. The third kappa shape index (κ3) is 4.63. The SMILES string of the molecule is Cc1ccc(S(=O)(=O)N2CCN(C(=O)C(C)NC(C)c3cccs3)CC2)cc1. The summed E-state index contributed by atoms with van der Waals surface area (Å²) in [5.74, 6) is 0.00999. The molecule has 1 amide bonds. The molecule has 6 nitrogen and oxygen atoms in total. The molecule has 8 heteroatoms. The zero-order valence-electron chi connectivity index (χ0n) is 16.5. The zero-order chi connectivity index (χ0) is 20.3. The third-order valence-electron chi connectivity index (χ3n) is 5.05. The molecule has 2 heterocycles. The van der Waals surface area contributed by atoms with Crippen molar-refractivity contribution in [2.24, 2.45) is 0 Å². The van der Waals surface area contributed by atoms with E-state index in [1.165, 1.54) is 9.18 Å². The second-order valence-electron chi connectivity index (χ2n) is 7.17. The molecule has 1 aromatic carbocycles. The van der Waals surface area contributed by atoms with Gasteiger partial charge >= 0.3 is 0 Å². The van der Waals surface area contributed by atoms with E-state index in [-0.39, 0.29) is 18.0 Å². The first-order chi connectivity index (χ1) is 13.3. The molecular weight excluding hydrogens is 394 g/mol. The van der Waals surface area contributed by atoms with E-state index in [0.717, 1.165) is 5.56 Å². The van der Waals surface area contributed by atoms with Gasteiger partial charge in [0.1, 0.15) is 0 Å². The highest BCUT2D eigenvalue weighted by Gasteiger charge is 2.31. The van der Waals surface area contributed by atoms with Crippen molar-refractivity contribution in [3.05, 3.63) is 52.2 Å². The van der Waals surface area contributed by atoms with Gasteiger partial charge in [0.25, 0.3) is 0 Å². The summed E-state index contributed by atoms with van der Waals surface area (Å²) >= 11 is 1.66. The van der Waals surface area contributed by atoms with Gasteiger partial charge in [0.2, 0.25) is 15.9 Å². The van der Waals surface area contributed by atoms with E-state index in [2.05, 4.69) is 5.32 Å². The van der Waals surface area contributed by atoms with Crippen LogP contribution in [0.2, 0.25) is 0 Å². The van der Waals surface area contributed by atoms with Crippen molar-refractivity contribution in [2.75, 3.05) is 26.2 Å². The second kappa shape index (κ2) is 8.73. The van der Waals surface area contributed by atoms with Crippen LogP contribution < -0.4 is 5.32 Å². The number of nitrogens with one attached hydrogen (secondary N) is 1. The Labute approximate surface area is 171 Å². The van der Waals surface area contributed by atoms with Crippen molar-refractivity contribution >= 4 is 27.3 Å². The van der Waals surface area contributed by atoms with Gasteiger partial charge in [-0.05, 0) is 44.4 Å². The third-order valence-corrected chi connectivity index (χ3v) is 8.02. The van der Waals surface area contributed by atoms with Gasteiger partial charge in [0.15, 0.2) is 0 Å². The molecule has 2 aromatic rings. The number of thiophene rings is 1. The highest BCUT2D eigenvalue weighted by Crippen LogP contribution is 2.20. The summed E-state index contributed by atoms with van der Waals surface area (Å²) in [5, 5.41) is 5.36. The number of carbonyl (C=O) groups excluding carboxylic acids is 1. The van der Waals surface area contributed by atoms with E-state index >= 15 is 0 Å². The smallest absolute Gasteiger partial charge is 0.243 e. The number of carbonyl (C=O) groups is 1. The van der Waals surface area contributed by atoms with Gasteiger partial charge in [-0.15, -0.1) is 11.3 Å². The lowest BCUT2D eigenvalue weighted by Gasteiger charge is -2.35. The standard InChI is InChI=1S/C20H27N3O3S2/c1-15-6-8-18(9-7-15)28(25,26)23-12-10-22(11-13-23)20(24)17(3)21-16(2)19-5-4-14-27-19/h4-9,14,16-17,21H,10-13H2,1-3H3. The van der Waals surface area contributed by atoms with Crippen LogP contribution >= 0.6 is 11.3 Å². The van der Waals surface area contributed by atoms with E-state index in [9.17, 15) is 13.2 Å². The molecule has 1 saturated heterocycles. The molecule has 0 radical (unpaired) electrons. The predicted molar refractivity (Wildman–Crippen MR) is 112 cm³/mol. The van der Waals surface area contributed by atoms with Crippen molar-refractivity contribution in [3.63, 3.8) is 0 Å². The number of hydrogen-bond acceptors (Lipinski definition) is 5. The summed E-state index contributed by atoms with van der Waals surface area (Å²) in [6.45, 7) is 7.27. The lowest BCUT2D eigenvalue weighted by Crippen LogP contribution is -2.54. The zero-order valence-corrected chi connectivity index (χ0v) is 18.1. The molecule has 28 heavy (non-hydrogen) atoms. The summed E-state index contributed by atoms with van der Waals surface area (Å²) in [7, 11) is -3.52. The number of nitrogens with zero attached hydrogens (tertiary/aromatic N) is 2. The van der Waals surface area contributed by atoms with Crippen LogP contribution in [0.15, 0.2) is 46.7 Å². The largest absolute Gasteiger partial charge is 0.339 e. The van der Waals surface area contributed by atoms with Gasteiger partial charge in [-0.2, -0.15) is 4.31 Å². The first-order valence-electron chi connectivity index (χ1n) is 9.44. The Bertz CT molecular complexity index is 887. The van der Waals surface area contributed by atoms with Crippen LogP contribution in [0.25, 0.3) is 0 Å². The molecule has 1 aliphatic rings. The minimum absolute atomic E-state index is 0.00999. The number of aryl methyl sites for hydroxylation is 1. The molecule has 1 aliphatic heterocycles. The number of piperazine rings is 1. The number of hydrogen-bond donors (Lipinski definition) is 1. The quantitative estimate of drug-likeness (QED) is 0.779. The van der Waals surface area contributed by atoms with Gasteiger partial charge in [0, 0.05) is 37.1 Å². The van der Waals surface area contributed by atoms with Gasteiger partial charge in [0.05, 0.1) is 10.9 Å². The molecule has 0 saturated carbocycles. The average Bonchev–Trinajstić information content (AvgIpc) is 3.23. The summed E-state index contributed by atoms with van der Waals surface area (Å²) in [5.41, 5.74) is 1.02. The van der Waals surface area contributed by atoms with Crippen molar-refractivity contribution in [1.82, 2.24) is 14.5 Å². The van der Waals surface area contributed by atoms with Gasteiger partial charge < -0.3 is 4.90 Å². The van der Waals surface area contributed by atoms with Crippen LogP contribution in [0.1, 0.15) is 30.3 Å². The topological polar surface area (TPSA) is 69.7 Å². The highest BCUT2D eigenvalue weighted by atomic mass is 32.2. The first kappa shape index (κ1) is 21.0. The van der Waals surface area contributed by atoms with Gasteiger partial charge in [-0.25, -0.2) is 8.42 Å². The number of sulfonamides is 1. The lowest BCUT2D eigenvalue weighted by molar-refractivity contribution is -0.134.